The highest BCUT2D eigenvalue weighted by molar-refractivity contribution is 6.11. The number of benzene rings is 6. The summed E-state index contributed by atoms with van der Waals surface area (Å²) in [6, 6.07) is 53.2. The lowest BCUT2D eigenvalue weighted by molar-refractivity contribution is 0.996. The van der Waals surface area contributed by atoms with Crippen molar-refractivity contribution in [2.45, 2.75) is 0 Å². The monoisotopic (exact) mass is 562 g/mol. The van der Waals surface area contributed by atoms with Crippen molar-refractivity contribution in [2.24, 2.45) is 0 Å². The number of H-pyrrole nitrogens is 1. The van der Waals surface area contributed by atoms with E-state index in [9.17, 15) is 0 Å². The molecule has 3 aromatic heterocycles. The van der Waals surface area contributed by atoms with Crippen molar-refractivity contribution in [1.82, 2.24) is 19.5 Å². The lowest BCUT2D eigenvalue weighted by Crippen LogP contribution is -2.04. The lowest BCUT2D eigenvalue weighted by Gasteiger charge is -2.12. The Kier molecular flexibility index (Phi) is 5.47. The van der Waals surface area contributed by atoms with Crippen molar-refractivity contribution in [3.63, 3.8) is 0 Å². The van der Waals surface area contributed by atoms with Crippen molar-refractivity contribution in [2.75, 3.05) is 0 Å². The van der Waals surface area contributed by atoms with Gasteiger partial charge in [-0.15, -0.1) is 0 Å². The number of hydrogen-bond donors (Lipinski definition) is 1. The second kappa shape index (κ2) is 9.79. The summed E-state index contributed by atoms with van der Waals surface area (Å²) in [6.45, 7) is 0. The van der Waals surface area contributed by atoms with Crippen molar-refractivity contribution in [3.8, 4) is 39.6 Å². The summed E-state index contributed by atoms with van der Waals surface area (Å²) in [5, 5.41) is 4.81. The Balaban J connectivity index is 1.30. The second-order valence-corrected chi connectivity index (χ2v) is 11.2. The molecule has 0 unspecified atom stereocenters. The number of aromatic amines is 1. The number of fused-ring (bicyclic) bond motifs is 6. The molecular formula is C40H26N4. The minimum Gasteiger partial charge on any atom is -0.355 e. The van der Waals surface area contributed by atoms with Crippen LogP contribution in [0.4, 0.5) is 0 Å². The summed E-state index contributed by atoms with van der Waals surface area (Å²) in [7, 11) is 0. The maximum absolute atomic E-state index is 5.19. The molecule has 0 saturated heterocycles. The van der Waals surface area contributed by atoms with Crippen LogP contribution in [-0.2, 0) is 0 Å². The Morgan fingerprint density at radius 2 is 0.955 bits per heavy atom. The van der Waals surface area contributed by atoms with E-state index < -0.39 is 0 Å². The normalized spacial score (nSPS) is 11.6. The first-order valence-corrected chi connectivity index (χ1v) is 14.8. The van der Waals surface area contributed by atoms with Crippen LogP contribution in [0.3, 0.4) is 0 Å². The summed E-state index contributed by atoms with van der Waals surface area (Å²) in [6.07, 6.45) is 0. The molecular weight excluding hydrogens is 536 g/mol. The fourth-order valence-corrected chi connectivity index (χ4v) is 6.44. The molecule has 0 fully saturated rings. The number of para-hydroxylation sites is 2. The number of rotatable bonds is 4. The van der Waals surface area contributed by atoms with Gasteiger partial charge in [0.2, 0.25) is 5.95 Å². The van der Waals surface area contributed by atoms with Crippen molar-refractivity contribution in [3.05, 3.63) is 152 Å². The van der Waals surface area contributed by atoms with Crippen molar-refractivity contribution >= 4 is 43.6 Å². The SMILES string of the molecule is c1ccc(-c2cc(-c3ccccc3)nc(-n3c4ccccc4c4ccc(-c5ccc6[nH]c7ccccc7c6c5)cc43)n2)cc1. The van der Waals surface area contributed by atoms with Gasteiger partial charge in [0.15, 0.2) is 0 Å². The minimum atomic E-state index is 0.653. The van der Waals surface area contributed by atoms with E-state index >= 15 is 0 Å². The van der Waals surface area contributed by atoms with E-state index in [0.29, 0.717) is 5.95 Å². The number of hydrogen-bond acceptors (Lipinski definition) is 2. The Hall–Kier alpha value is -6.00. The zero-order valence-electron chi connectivity index (χ0n) is 23.8. The van der Waals surface area contributed by atoms with Gasteiger partial charge in [-0.1, -0.05) is 115 Å². The molecule has 0 aliphatic heterocycles. The number of nitrogens with zero attached hydrogens (tertiary/aromatic N) is 3. The summed E-state index contributed by atoms with van der Waals surface area (Å²) >= 11 is 0. The largest absolute Gasteiger partial charge is 0.355 e. The van der Waals surface area contributed by atoms with Crippen LogP contribution >= 0.6 is 0 Å². The lowest BCUT2D eigenvalue weighted by atomic mass is 10.0. The minimum absolute atomic E-state index is 0.653. The molecule has 1 N–H and O–H groups in total. The number of nitrogens with one attached hydrogen (secondary N) is 1. The van der Waals surface area contributed by atoms with Crippen molar-refractivity contribution < 1.29 is 0 Å². The van der Waals surface area contributed by atoms with Crippen molar-refractivity contribution in [1.29, 1.82) is 0 Å². The molecule has 0 aliphatic carbocycles. The van der Waals surface area contributed by atoms with Crippen LogP contribution in [0.1, 0.15) is 0 Å². The summed E-state index contributed by atoms with van der Waals surface area (Å²) in [4.78, 5) is 13.9. The van der Waals surface area contributed by atoms with E-state index in [4.69, 9.17) is 9.97 Å². The first-order chi connectivity index (χ1) is 21.8. The van der Waals surface area contributed by atoms with Gasteiger partial charge in [0.25, 0.3) is 0 Å². The van der Waals surface area contributed by atoms with E-state index in [0.717, 1.165) is 50.1 Å². The fraction of sp³-hybridized carbons (Fsp3) is 0. The Labute approximate surface area is 253 Å². The third-order valence-corrected chi connectivity index (χ3v) is 8.57. The highest BCUT2D eigenvalue weighted by Gasteiger charge is 2.18. The van der Waals surface area contributed by atoms with E-state index in [-0.39, 0.29) is 0 Å². The van der Waals surface area contributed by atoms with Crippen LogP contribution in [0, 0.1) is 0 Å². The molecule has 44 heavy (non-hydrogen) atoms. The van der Waals surface area contributed by atoms with E-state index in [1.165, 1.54) is 27.1 Å². The number of aromatic nitrogens is 4. The first-order valence-electron chi connectivity index (χ1n) is 14.8. The topological polar surface area (TPSA) is 46.5 Å². The van der Waals surface area contributed by atoms with Crippen LogP contribution in [0.5, 0.6) is 0 Å². The van der Waals surface area contributed by atoms with Gasteiger partial charge in [0.05, 0.1) is 22.4 Å². The maximum atomic E-state index is 5.19. The molecule has 6 aromatic carbocycles. The molecule has 0 spiro atoms. The van der Waals surface area contributed by atoms with Gasteiger partial charge in [-0.25, -0.2) is 9.97 Å². The predicted octanol–water partition coefficient (Wildman–Crippen LogP) is 10.2. The molecule has 0 radical (unpaired) electrons. The molecule has 0 bridgehead atoms. The molecule has 4 heteroatoms. The Morgan fingerprint density at radius 3 is 1.70 bits per heavy atom. The first kappa shape index (κ1) is 24.6. The average molecular weight is 563 g/mol. The third kappa shape index (κ3) is 3.92. The second-order valence-electron chi connectivity index (χ2n) is 11.2. The molecule has 206 valence electrons. The predicted molar refractivity (Wildman–Crippen MR) is 182 cm³/mol. The standard InChI is InChI=1S/C40H26N4/c1-3-11-26(12-4-1)36-25-37(27-13-5-2-6-14-27)43-40(42-36)44-38-18-10-8-16-31(38)32-21-19-29(24-39(32)44)28-20-22-35-33(23-28)30-15-7-9-17-34(30)41-35/h1-25,41H. The zero-order chi connectivity index (χ0) is 29.0. The van der Waals surface area contributed by atoms with Gasteiger partial charge in [-0.05, 0) is 47.5 Å². The molecule has 0 atom stereocenters. The quantitative estimate of drug-likeness (QED) is 0.232. The van der Waals surface area contributed by atoms with Gasteiger partial charge in [-0.3, -0.25) is 4.57 Å². The van der Waals surface area contributed by atoms with Gasteiger partial charge >= 0.3 is 0 Å². The van der Waals surface area contributed by atoms with Crippen LogP contribution in [-0.4, -0.2) is 19.5 Å². The summed E-state index contributed by atoms with van der Waals surface area (Å²) in [5.74, 6) is 0.653. The van der Waals surface area contributed by atoms with E-state index in [2.05, 4.69) is 149 Å². The average Bonchev–Trinajstić information content (AvgIpc) is 3.64. The Bertz CT molecular complexity index is 2430. The molecule has 9 aromatic rings. The van der Waals surface area contributed by atoms with Gasteiger partial charge < -0.3 is 4.98 Å². The zero-order valence-corrected chi connectivity index (χ0v) is 23.8. The summed E-state index contributed by atoms with van der Waals surface area (Å²) in [5.41, 5.74) is 10.7. The highest BCUT2D eigenvalue weighted by Crippen LogP contribution is 2.36. The van der Waals surface area contributed by atoms with E-state index in [1.807, 2.05) is 12.1 Å². The van der Waals surface area contributed by atoms with Gasteiger partial charge in [0, 0.05) is 43.7 Å². The fourth-order valence-electron chi connectivity index (χ4n) is 6.44. The molecule has 0 aliphatic rings. The van der Waals surface area contributed by atoms with Gasteiger partial charge in [-0.2, -0.15) is 0 Å². The third-order valence-electron chi connectivity index (χ3n) is 8.57. The van der Waals surface area contributed by atoms with Crippen LogP contribution < -0.4 is 0 Å². The molecule has 0 saturated carbocycles. The summed E-state index contributed by atoms with van der Waals surface area (Å²) < 4.78 is 2.22. The molecule has 3 heterocycles. The van der Waals surface area contributed by atoms with Crippen LogP contribution in [0.2, 0.25) is 0 Å². The maximum Gasteiger partial charge on any atom is 0.235 e. The molecule has 0 amide bonds. The van der Waals surface area contributed by atoms with Crippen LogP contribution in [0.15, 0.2) is 152 Å². The highest BCUT2D eigenvalue weighted by atomic mass is 15.2. The molecule has 9 rings (SSSR count). The van der Waals surface area contributed by atoms with Gasteiger partial charge in [0.1, 0.15) is 0 Å². The van der Waals surface area contributed by atoms with E-state index in [1.54, 1.807) is 0 Å². The van der Waals surface area contributed by atoms with Crippen LogP contribution in [0.25, 0.3) is 83.2 Å². The molecule has 4 nitrogen and oxygen atoms in total. The smallest absolute Gasteiger partial charge is 0.235 e. The Morgan fingerprint density at radius 1 is 0.386 bits per heavy atom.